The smallest absolute Gasteiger partial charge is 0.149 e. The van der Waals surface area contributed by atoms with Crippen LogP contribution in [-0.4, -0.2) is 23.4 Å². The van der Waals surface area contributed by atoms with Crippen LogP contribution >= 0.6 is 0 Å². The molecule has 0 aromatic heterocycles. The molecule has 0 fully saturated rings. The van der Waals surface area contributed by atoms with Gasteiger partial charge in [0.1, 0.15) is 16.8 Å². The topological polar surface area (TPSA) is 18.5 Å². The van der Waals surface area contributed by atoms with Gasteiger partial charge < -0.3 is 9.16 Å². The summed E-state index contributed by atoms with van der Waals surface area (Å²) in [7, 11) is 0.770. The first-order chi connectivity index (χ1) is 5.78. The van der Waals surface area contributed by atoms with Crippen molar-refractivity contribution in [2.75, 3.05) is 6.61 Å². The third-order valence-electron chi connectivity index (χ3n) is 2.27. The fourth-order valence-corrected chi connectivity index (χ4v) is 1.59. The van der Waals surface area contributed by atoms with E-state index in [0.717, 1.165) is 23.5 Å². The molecule has 1 atom stereocenters. The Hall–Kier alpha value is 0.137. The Kier molecular flexibility index (Phi) is 7.86. The van der Waals surface area contributed by atoms with Gasteiger partial charge >= 0.3 is 0 Å². The third-order valence-corrected chi connectivity index (χ3v) is 2.79. The summed E-state index contributed by atoms with van der Waals surface area (Å²) >= 11 is 0. The van der Waals surface area contributed by atoms with E-state index in [9.17, 15) is 0 Å². The number of hydrogen-bond acceptors (Lipinski definition) is 2. The summed E-state index contributed by atoms with van der Waals surface area (Å²) in [6.45, 7) is 7.36. The lowest BCUT2D eigenvalue weighted by molar-refractivity contribution is -0.0903. The van der Waals surface area contributed by atoms with Gasteiger partial charge in [-0.1, -0.05) is 33.6 Å². The summed E-state index contributed by atoms with van der Waals surface area (Å²) < 4.78 is 10.9. The molecule has 0 radical (unpaired) electrons. The fourth-order valence-electron chi connectivity index (χ4n) is 1.12. The minimum atomic E-state index is 0.0530. The average Bonchev–Trinajstić information content (AvgIpc) is 2.13. The highest BCUT2D eigenvalue weighted by molar-refractivity contribution is 5.98. The van der Waals surface area contributed by atoms with Crippen LogP contribution in [0, 0.1) is 5.92 Å². The van der Waals surface area contributed by atoms with Crippen molar-refractivity contribution in [3.63, 3.8) is 0 Å². The molecule has 12 heavy (non-hydrogen) atoms. The summed E-state index contributed by atoms with van der Waals surface area (Å²) in [5.41, 5.74) is 0. The first-order valence-electron chi connectivity index (χ1n) is 4.92. The Morgan fingerprint density at radius 2 is 1.67 bits per heavy atom. The molecule has 0 rings (SSSR count). The Bertz CT molecular complexity index is 78.5. The molecule has 0 N–H and O–H groups in total. The van der Waals surface area contributed by atoms with Crippen molar-refractivity contribution in [2.24, 2.45) is 5.92 Å². The van der Waals surface area contributed by atoms with E-state index >= 15 is 0 Å². The fraction of sp³-hybridized carbons (Fsp3) is 1.00. The largest absolute Gasteiger partial charge is 0.404 e. The second-order valence-electron chi connectivity index (χ2n) is 3.09. The molecule has 0 aromatic carbocycles. The molecular formula is C9H22O2Si. The van der Waals surface area contributed by atoms with Crippen LogP contribution in [-0.2, 0) is 9.16 Å². The maximum absolute atomic E-state index is 5.60. The first-order valence-corrected chi connectivity index (χ1v) is 5.74. The van der Waals surface area contributed by atoms with Crippen LogP contribution in [0.5, 0.6) is 0 Å². The molecule has 0 saturated carbocycles. The van der Waals surface area contributed by atoms with Crippen LogP contribution in [0.2, 0.25) is 0 Å². The summed E-state index contributed by atoms with van der Waals surface area (Å²) in [5.74, 6) is 0.705. The van der Waals surface area contributed by atoms with E-state index in [1.165, 1.54) is 12.8 Å². The van der Waals surface area contributed by atoms with Gasteiger partial charge in [0.05, 0.1) is 6.61 Å². The second kappa shape index (κ2) is 7.77. The average molecular weight is 190 g/mol. The predicted molar refractivity (Wildman–Crippen MR) is 55.1 cm³/mol. The number of ether oxygens (including phenoxy) is 1. The van der Waals surface area contributed by atoms with Gasteiger partial charge in [0.15, 0.2) is 0 Å². The predicted octanol–water partition coefficient (Wildman–Crippen LogP) is 1.47. The van der Waals surface area contributed by atoms with E-state index in [-0.39, 0.29) is 6.29 Å². The monoisotopic (exact) mass is 190 g/mol. The van der Waals surface area contributed by atoms with Crippen molar-refractivity contribution in [2.45, 2.75) is 46.3 Å². The normalized spacial score (nSPS) is 14.0. The molecule has 0 aliphatic carbocycles. The van der Waals surface area contributed by atoms with Crippen LogP contribution in [0.25, 0.3) is 0 Å². The van der Waals surface area contributed by atoms with Crippen LogP contribution in [0.3, 0.4) is 0 Å². The van der Waals surface area contributed by atoms with Gasteiger partial charge in [-0.3, -0.25) is 0 Å². The Balaban J connectivity index is 3.49. The van der Waals surface area contributed by atoms with Gasteiger partial charge in [0.25, 0.3) is 0 Å². The highest BCUT2D eigenvalue weighted by Crippen LogP contribution is 2.10. The molecule has 0 amide bonds. The molecule has 0 aliphatic rings. The molecule has 0 bridgehead atoms. The van der Waals surface area contributed by atoms with Gasteiger partial charge in [-0.15, -0.1) is 0 Å². The van der Waals surface area contributed by atoms with Gasteiger partial charge in [-0.2, -0.15) is 0 Å². The third kappa shape index (κ3) is 4.90. The minimum absolute atomic E-state index is 0.0530. The van der Waals surface area contributed by atoms with E-state index in [0.29, 0.717) is 5.92 Å². The summed E-state index contributed by atoms with van der Waals surface area (Å²) in [5, 5.41) is 0. The SMILES string of the molecule is CCC(CC)COC(CC)O[SiH3]. The van der Waals surface area contributed by atoms with E-state index in [1.54, 1.807) is 0 Å². The molecular weight excluding hydrogens is 168 g/mol. The summed E-state index contributed by atoms with van der Waals surface area (Å²) in [4.78, 5) is 0. The van der Waals surface area contributed by atoms with E-state index in [1.807, 2.05) is 0 Å². The molecule has 0 aromatic rings. The van der Waals surface area contributed by atoms with Crippen molar-refractivity contribution in [3.05, 3.63) is 0 Å². The quantitative estimate of drug-likeness (QED) is 0.447. The summed E-state index contributed by atoms with van der Waals surface area (Å²) in [6, 6.07) is 0. The van der Waals surface area contributed by atoms with Crippen LogP contribution < -0.4 is 0 Å². The molecule has 3 heteroatoms. The molecule has 0 heterocycles. The van der Waals surface area contributed by atoms with E-state index in [4.69, 9.17) is 9.16 Å². The highest BCUT2D eigenvalue weighted by Gasteiger charge is 2.07. The molecule has 74 valence electrons. The van der Waals surface area contributed by atoms with E-state index in [2.05, 4.69) is 20.8 Å². The molecule has 0 aliphatic heterocycles. The Morgan fingerprint density at radius 3 is 2.00 bits per heavy atom. The Morgan fingerprint density at radius 1 is 1.08 bits per heavy atom. The lowest BCUT2D eigenvalue weighted by Gasteiger charge is -2.18. The van der Waals surface area contributed by atoms with Gasteiger partial charge in [0.2, 0.25) is 0 Å². The zero-order valence-electron chi connectivity index (χ0n) is 8.80. The van der Waals surface area contributed by atoms with E-state index < -0.39 is 0 Å². The molecule has 1 unspecified atom stereocenters. The number of rotatable bonds is 7. The van der Waals surface area contributed by atoms with Crippen molar-refractivity contribution >= 4 is 10.5 Å². The van der Waals surface area contributed by atoms with Gasteiger partial charge in [-0.05, 0) is 12.3 Å². The highest BCUT2D eigenvalue weighted by atomic mass is 28.2. The van der Waals surface area contributed by atoms with Crippen molar-refractivity contribution in [1.29, 1.82) is 0 Å². The van der Waals surface area contributed by atoms with Crippen LogP contribution in [0.1, 0.15) is 40.0 Å². The maximum Gasteiger partial charge on any atom is 0.149 e. The maximum atomic E-state index is 5.60. The molecule has 0 spiro atoms. The lowest BCUT2D eigenvalue weighted by atomic mass is 10.1. The second-order valence-corrected chi connectivity index (χ2v) is 3.56. The summed E-state index contributed by atoms with van der Waals surface area (Å²) in [6.07, 6.45) is 3.42. The number of hydrogen-bond donors (Lipinski definition) is 0. The van der Waals surface area contributed by atoms with Crippen molar-refractivity contribution in [3.8, 4) is 0 Å². The van der Waals surface area contributed by atoms with Crippen LogP contribution in [0.15, 0.2) is 0 Å². The first kappa shape index (κ1) is 12.1. The zero-order chi connectivity index (χ0) is 9.40. The van der Waals surface area contributed by atoms with Gasteiger partial charge in [-0.25, -0.2) is 0 Å². The van der Waals surface area contributed by atoms with Gasteiger partial charge in [0, 0.05) is 0 Å². The molecule has 2 nitrogen and oxygen atoms in total. The van der Waals surface area contributed by atoms with Crippen molar-refractivity contribution in [1.82, 2.24) is 0 Å². The molecule has 0 saturated heterocycles. The lowest BCUT2D eigenvalue weighted by Crippen LogP contribution is -2.19. The van der Waals surface area contributed by atoms with Crippen LogP contribution in [0.4, 0.5) is 0 Å². The minimum Gasteiger partial charge on any atom is -0.404 e. The zero-order valence-corrected chi connectivity index (χ0v) is 10.8. The van der Waals surface area contributed by atoms with Crippen molar-refractivity contribution < 1.29 is 9.16 Å². The Labute approximate surface area is 79.2 Å². The standard InChI is InChI=1S/C9H22O2Si/c1-4-8(5-2)7-10-9(6-3)11-12/h8-9H,4-7H2,1-3,12H3.